The van der Waals surface area contributed by atoms with E-state index in [1.165, 1.54) is 44.2 Å². The number of fused-ring (bicyclic) bond motifs is 9. The van der Waals surface area contributed by atoms with Crippen LogP contribution in [0.5, 0.6) is 0 Å². The molecule has 0 aliphatic rings. The van der Waals surface area contributed by atoms with Crippen LogP contribution in [0.2, 0.25) is 0 Å². The molecule has 3 nitrogen and oxygen atoms in total. The Morgan fingerprint density at radius 2 is 0.902 bits per heavy atom. The fourth-order valence-corrected chi connectivity index (χ4v) is 8.05. The molecule has 238 valence electrons. The maximum Gasteiger partial charge on any atom is 0.143 e. The van der Waals surface area contributed by atoms with E-state index in [2.05, 4.69) is 151 Å². The van der Waals surface area contributed by atoms with Gasteiger partial charge in [0.1, 0.15) is 22.3 Å². The molecule has 0 bridgehead atoms. The number of H-pyrrole nitrogens is 1. The molecule has 0 amide bonds. The van der Waals surface area contributed by atoms with Crippen LogP contribution in [-0.4, -0.2) is 4.98 Å². The lowest BCUT2D eigenvalue weighted by molar-refractivity contribution is 0.669. The van der Waals surface area contributed by atoms with Crippen molar-refractivity contribution < 1.29 is 8.83 Å². The van der Waals surface area contributed by atoms with Gasteiger partial charge in [0, 0.05) is 49.0 Å². The highest BCUT2D eigenvalue weighted by Gasteiger charge is 2.16. The maximum atomic E-state index is 6.40. The van der Waals surface area contributed by atoms with E-state index in [4.69, 9.17) is 8.83 Å². The van der Waals surface area contributed by atoms with Crippen LogP contribution in [-0.2, 0) is 0 Å². The van der Waals surface area contributed by atoms with E-state index in [-0.39, 0.29) is 0 Å². The zero-order valence-electron chi connectivity index (χ0n) is 27.5. The predicted octanol–water partition coefficient (Wildman–Crippen LogP) is 13.8. The zero-order valence-corrected chi connectivity index (χ0v) is 27.5. The Bertz CT molecular complexity index is 3150. The van der Waals surface area contributed by atoms with E-state index in [0.717, 1.165) is 66.0 Å². The Morgan fingerprint density at radius 3 is 1.73 bits per heavy atom. The van der Waals surface area contributed by atoms with E-state index >= 15 is 0 Å². The SMILES string of the molecule is c1cc(-c2cccc(-c3cccc4oc5ccccc5c34)c2)cc(-c2cccc3c2[nH]c2ccc(-c4cccc5c4oc4ccccc45)cc23)c1. The summed E-state index contributed by atoms with van der Waals surface area (Å²) < 4.78 is 12.6. The molecule has 8 aromatic carbocycles. The molecule has 0 spiro atoms. The van der Waals surface area contributed by atoms with Crippen molar-refractivity contribution in [3.05, 3.63) is 170 Å². The van der Waals surface area contributed by atoms with Gasteiger partial charge in [0.2, 0.25) is 0 Å². The van der Waals surface area contributed by atoms with Crippen molar-refractivity contribution in [1.29, 1.82) is 0 Å². The summed E-state index contributed by atoms with van der Waals surface area (Å²) in [7, 11) is 0. The maximum absolute atomic E-state index is 6.40. The normalized spacial score (nSPS) is 11.9. The van der Waals surface area contributed by atoms with Crippen molar-refractivity contribution >= 4 is 65.7 Å². The average Bonchev–Trinajstić information content (AvgIpc) is 3.89. The van der Waals surface area contributed by atoms with Gasteiger partial charge in [0.25, 0.3) is 0 Å². The number of benzene rings is 8. The monoisotopic (exact) mass is 651 g/mol. The van der Waals surface area contributed by atoms with Crippen molar-refractivity contribution in [3.8, 4) is 44.5 Å². The first-order valence-electron chi connectivity index (χ1n) is 17.3. The standard InChI is InChI=1S/C48H29NO2/c1-3-21-43-37(14-1)39-20-8-18-36(48(39)51-43)33-24-25-42-41(28-33)38-19-7-17-35(47(38)49-42)32-13-6-11-30(27-32)29-10-5-12-31(26-29)34-16-9-23-45-46(34)40-15-2-4-22-44(40)50-45/h1-28,49H. The molecule has 0 aliphatic carbocycles. The summed E-state index contributed by atoms with van der Waals surface area (Å²) in [6.07, 6.45) is 0. The van der Waals surface area contributed by atoms with Gasteiger partial charge < -0.3 is 13.8 Å². The molecule has 51 heavy (non-hydrogen) atoms. The van der Waals surface area contributed by atoms with Crippen LogP contribution in [0.25, 0.3) is 110 Å². The van der Waals surface area contributed by atoms with Crippen LogP contribution in [0.3, 0.4) is 0 Å². The van der Waals surface area contributed by atoms with Crippen LogP contribution in [0.4, 0.5) is 0 Å². The van der Waals surface area contributed by atoms with Crippen LogP contribution < -0.4 is 0 Å². The molecule has 11 rings (SSSR count). The second-order valence-corrected chi connectivity index (χ2v) is 13.3. The number of hydrogen-bond acceptors (Lipinski definition) is 2. The third kappa shape index (κ3) is 4.32. The molecule has 0 aliphatic heterocycles. The quantitative estimate of drug-likeness (QED) is 0.206. The van der Waals surface area contributed by atoms with Crippen molar-refractivity contribution in [1.82, 2.24) is 4.98 Å². The summed E-state index contributed by atoms with van der Waals surface area (Å²) in [4.78, 5) is 3.77. The molecular formula is C48H29NO2. The van der Waals surface area contributed by atoms with Gasteiger partial charge in [0.15, 0.2) is 0 Å². The van der Waals surface area contributed by atoms with E-state index in [0.29, 0.717) is 0 Å². The summed E-state index contributed by atoms with van der Waals surface area (Å²) in [5.74, 6) is 0. The topological polar surface area (TPSA) is 42.1 Å². The highest BCUT2D eigenvalue weighted by atomic mass is 16.3. The summed E-state index contributed by atoms with van der Waals surface area (Å²) in [5.41, 5.74) is 15.2. The minimum Gasteiger partial charge on any atom is -0.456 e. The lowest BCUT2D eigenvalue weighted by Gasteiger charge is -2.10. The molecule has 0 unspecified atom stereocenters. The van der Waals surface area contributed by atoms with E-state index in [1.54, 1.807) is 0 Å². The van der Waals surface area contributed by atoms with Gasteiger partial charge in [-0.25, -0.2) is 0 Å². The Morgan fingerprint density at radius 1 is 0.333 bits per heavy atom. The minimum absolute atomic E-state index is 0.909. The van der Waals surface area contributed by atoms with Gasteiger partial charge in [-0.15, -0.1) is 0 Å². The summed E-state index contributed by atoms with van der Waals surface area (Å²) in [5, 5.41) is 6.98. The second kappa shape index (κ2) is 10.8. The fourth-order valence-electron chi connectivity index (χ4n) is 8.05. The third-order valence-corrected chi connectivity index (χ3v) is 10.4. The lowest BCUT2D eigenvalue weighted by Crippen LogP contribution is -1.85. The molecule has 11 aromatic rings. The zero-order chi connectivity index (χ0) is 33.5. The predicted molar refractivity (Wildman–Crippen MR) is 212 cm³/mol. The van der Waals surface area contributed by atoms with Crippen LogP contribution in [0, 0.1) is 0 Å². The Labute approximate surface area is 293 Å². The molecule has 0 fully saturated rings. The van der Waals surface area contributed by atoms with Gasteiger partial charge in [-0.1, -0.05) is 127 Å². The largest absolute Gasteiger partial charge is 0.456 e. The molecule has 0 atom stereocenters. The third-order valence-electron chi connectivity index (χ3n) is 10.4. The first-order valence-corrected chi connectivity index (χ1v) is 17.3. The van der Waals surface area contributed by atoms with Crippen molar-refractivity contribution in [2.45, 2.75) is 0 Å². The summed E-state index contributed by atoms with van der Waals surface area (Å²) in [6, 6.07) is 60.3. The molecule has 3 heteroatoms. The number of furan rings is 2. The minimum atomic E-state index is 0.909. The van der Waals surface area contributed by atoms with Crippen molar-refractivity contribution in [2.24, 2.45) is 0 Å². The van der Waals surface area contributed by atoms with Gasteiger partial charge in [-0.2, -0.15) is 0 Å². The highest BCUT2D eigenvalue weighted by Crippen LogP contribution is 2.41. The van der Waals surface area contributed by atoms with Crippen LogP contribution in [0.1, 0.15) is 0 Å². The van der Waals surface area contributed by atoms with Crippen LogP contribution in [0.15, 0.2) is 179 Å². The number of para-hydroxylation sites is 4. The van der Waals surface area contributed by atoms with Gasteiger partial charge >= 0.3 is 0 Å². The highest BCUT2D eigenvalue weighted by molar-refractivity contribution is 6.15. The number of nitrogens with one attached hydrogen (secondary N) is 1. The Hall–Kier alpha value is -6.84. The molecule has 0 saturated carbocycles. The second-order valence-electron chi connectivity index (χ2n) is 13.3. The van der Waals surface area contributed by atoms with Crippen LogP contribution >= 0.6 is 0 Å². The van der Waals surface area contributed by atoms with E-state index in [1.807, 2.05) is 24.3 Å². The van der Waals surface area contributed by atoms with E-state index < -0.39 is 0 Å². The Balaban J connectivity index is 1.01. The molecule has 0 radical (unpaired) electrons. The number of hydrogen-bond donors (Lipinski definition) is 1. The summed E-state index contributed by atoms with van der Waals surface area (Å²) >= 11 is 0. The smallest absolute Gasteiger partial charge is 0.143 e. The number of rotatable bonds is 4. The van der Waals surface area contributed by atoms with E-state index in [9.17, 15) is 0 Å². The molecule has 3 aromatic heterocycles. The average molecular weight is 652 g/mol. The van der Waals surface area contributed by atoms with Crippen molar-refractivity contribution in [2.75, 3.05) is 0 Å². The first kappa shape index (κ1) is 28.0. The van der Waals surface area contributed by atoms with Gasteiger partial charge in [-0.05, 0) is 75.8 Å². The van der Waals surface area contributed by atoms with Gasteiger partial charge in [-0.3, -0.25) is 0 Å². The Kier molecular flexibility index (Phi) is 5.96. The van der Waals surface area contributed by atoms with Gasteiger partial charge in [0.05, 0.1) is 5.52 Å². The molecule has 1 N–H and O–H groups in total. The molecule has 3 heterocycles. The number of aromatic nitrogens is 1. The number of aromatic amines is 1. The molecular weight excluding hydrogens is 623 g/mol. The van der Waals surface area contributed by atoms with Crippen molar-refractivity contribution in [3.63, 3.8) is 0 Å². The molecule has 0 saturated heterocycles. The summed E-state index contributed by atoms with van der Waals surface area (Å²) in [6.45, 7) is 0. The first-order chi connectivity index (χ1) is 25.3. The lowest BCUT2D eigenvalue weighted by atomic mass is 9.94. The fraction of sp³-hybridized carbons (Fsp3) is 0.